The van der Waals surface area contributed by atoms with E-state index in [-0.39, 0.29) is 11.5 Å². The van der Waals surface area contributed by atoms with E-state index in [4.69, 9.17) is 9.47 Å². The molecule has 5 nitrogen and oxygen atoms in total. The van der Waals surface area contributed by atoms with Crippen molar-refractivity contribution in [1.82, 2.24) is 9.88 Å². The number of amides is 1. The third-order valence-electron chi connectivity index (χ3n) is 5.36. The Bertz CT molecular complexity index is 772. The van der Waals surface area contributed by atoms with E-state index in [1.807, 2.05) is 54.3 Å². The highest BCUT2D eigenvalue weighted by atomic mass is 16.5. The van der Waals surface area contributed by atoms with Crippen LogP contribution in [-0.2, 0) is 16.1 Å². The van der Waals surface area contributed by atoms with E-state index in [1.165, 1.54) is 0 Å². The lowest BCUT2D eigenvalue weighted by Gasteiger charge is -2.50. The fourth-order valence-corrected chi connectivity index (χ4v) is 3.86. The van der Waals surface area contributed by atoms with Crippen LogP contribution >= 0.6 is 0 Å². The second kappa shape index (κ2) is 7.17. The minimum atomic E-state index is -0.233. The standard InChI is InChI=1S/C21H24N2O3/c1-16-5-4-6-17(11-16)20(24)23-14-21(15-23)18(8-10-26-21)12-25-13-19-7-2-3-9-22-19/h2-7,9,11,18H,8,10,12-15H2,1H3/t18-/m0/s1. The molecule has 0 bridgehead atoms. The maximum absolute atomic E-state index is 12.7. The van der Waals surface area contributed by atoms with Crippen molar-refractivity contribution in [2.45, 2.75) is 25.6 Å². The number of likely N-dealkylation sites (tertiary alicyclic amines) is 1. The third-order valence-corrected chi connectivity index (χ3v) is 5.36. The van der Waals surface area contributed by atoms with Crippen LogP contribution in [0.3, 0.4) is 0 Å². The van der Waals surface area contributed by atoms with Gasteiger partial charge in [-0.1, -0.05) is 23.8 Å². The first-order valence-corrected chi connectivity index (χ1v) is 9.14. The highest BCUT2D eigenvalue weighted by Gasteiger charge is 2.54. The number of benzene rings is 1. The molecule has 0 aliphatic carbocycles. The Morgan fingerprint density at radius 2 is 2.19 bits per heavy atom. The summed E-state index contributed by atoms with van der Waals surface area (Å²) in [5.41, 5.74) is 2.55. The molecule has 1 amide bonds. The molecule has 2 fully saturated rings. The van der Waals surface area contributed by atoms with Crippen LogP contribution in [0.4, 0.5) is 0 Å². The summed E-state index contributed by atoms with van der Waals surface area (Å²) in [7, 11) is 0. The number of carbonyl (C=O) groups excluding carboxylic acids is 1. The van der Waals surface area contributed by atoms with Gasteiger partial charge in [0.25, 0.3) is 5.91 Å². The molecule has 4 rings (SSSR count). The first-order chi connectivity index (χ1) is 12.7. The number of rotatable bonds is 5. The molecule has 1 atom stereocenters. The normalized spacial score (nSPS) is 21.0. The van der Waals surface area contributed by atoms with Crippen molar-refractivity contribution in [2.24, 2.45) is 5.92 Å². The maximum Gasteiger partial charge on any atom is 0.254 e. The zero-order chi connectivity index (χ0) is 18.0. The quantitative estimate of drug-likeness (QED) is 0.830. The molecule has 1 aromatic carbocycles. The number of nitrogens with zero attached hydrogens (tertiary/aromatic N) is 2. The molecule has 0 N–H and O–H groups in total. The topological polar surface area (TPSA) is 51.7 Å². The molecule has 2 aliphatic heterocycles. The van der Waals surface area contributed by atoms with Crippen molar-refractivity contribution in [1.29, 1.82) is 0 Å². The lowest BCUT2D eigenvalue weighted by molar-refractivity contribution is -0.129. The number of hydrogen-bond acceptors (Lipinski definition) is 4. The van der Waals surface area contributed by atoms with E-state index in [0.717, 1.165) is 29.8 Å². The van der Waals surface area contributed by atoms with Crippen molar-refractivity contribution in [3.63, 3.8) is 0 Å². The number of pyridine rings is 1. The molecular formula is C21H24N2O3. The van der Waals surface area contributed by atoms with Crippen molar-refractivity contribution < 1.29 is 14.3 Å². The van der Waals surface area contributed by atoms with Crippen LogP contribution in [0.1, 0.15) is 28.0 Å². The second-order valence-electron chi connectivity index (χ2n) is 7.27. The Balaban J connectivity index is 1.32. The summed E-state index contributed by atoms with van der Waals surface area (Å²) in [4.78, 5) is 18.8. The summed E-state index contributed by atoms with van der Waals surface area (Å²) in [5.74, 6) is 0.413. The largest absolute Gasteiger partial charge is 0.375 e. The first-order valence-electron chi connectivity index (χ1n) is 9.14. The lowest BCUT2D eigenvalue weighted by atomic mass is 9.81. The summed E-state index contributed by atoms with van der Waals surface area (Å²) in [6, 6.07) is 13.6. The molecule has 5 heteroatoms. The average molecular weight is 352 g/mol. The van der Waals surface area contributed by atoms with Gasteiger partial charge in [-0.3, -0.25) is 9.78 Å². The van der Waals surface area contributed by atoms with Gasteiger partial charge in [-0.2, -0.15) is 0 Å². The highest BCUT2D eigenvalue weighted by molar-refractivity contribution is 5.95. The molecule has 0 saturated carbocycles. The number of ether oxygens (including phenoxy) is 2. The van der Waals surface area contributed by atoms with E-state index in [2.05, 4.69) is 4.98 Å². The number of carbonyl (C=O) groups is 1. The Morgan fingerprint density at radius 1 is 1.31 bits per heavy atom. The fraction of sp³-hybridized carbons (Fsp3) is 0.429. The number of aromatic nitrogens is 1. The molecule has 2 aromatic rings. The minimum Gasteiger partial charge on any atom is -0.375 e. The number of hydrogen-bond donors (Lipinski definition) is 0. The minimum absolute atomic E-state index is 0.0861. The molecular weight excluding hydrogens is 328 g/mol. The summed E-state index contributed by atoms with van der Waals surface area (Å²) in [6.45, 7) is 5.20. The van der Waals surface area contributed by atoms with Gasteiger partial charge in [0.2, 0.25) is 0 Å². The summed E-state index contributed by atoms with van der Waals surface area (Å²) in [6.07, 6.45) is 2.76. The van der Waals surface area contributed by atoms with E-state index in [1.54, 1.807) is 6.20 Å². The third kappa shape index (κ3) is 3.37. The van der Waals surface area contributed by atoms with Crippen LogP contribution in [0.25, 0.3) is 0 Å². The Labute approximate surface area is 153 Å². The van der Waals surface area contributed by atoms with Crippen LogP contribution in [0, 0.1) is 12.8 Å². The van der Waals surface area contributed by atoms with Crippen LogP contribution in [0.2, 0.25) is 0 Å². The molecule has 2 aliphatic rings. The van der Waals surface area contributed by atoms with Crippen molar-refractivity contribution in [2.75, 3.05) is 26.3 Å². The molecule has 2 saturated heterocycles. The van der Waals surface area contributed by atoms with Gasteiger partial charge in [-0.25, -0.2) is 0 Å². The van der Waals surface area contributed by atoms with E-state index in [9.17, 15) is 4.79 Å². The Kier molecular flexibility index (Phi) is 4.74. The molecule has 136 valence electrons. The van der Waals surface area contributed by atoms with E-state index < -0.39 is 0 Å². The smallest absolute Gasteiger partial charge is 0.254 e. The van der Waals surface area contributed by atoms with Gasteiger partial charge in [0.1, 0.15) is 5.60 Å². The van der Waals surface area contributed by atoms with Crippen LogP contribution in [0.5, 0.6) is 0 Å². The zero-order valence-electron chi connectivity index (χ0n) is 15.1. The molecule has 0 radical (unpaired) electrons. The predicted molar refractivity (Wildman–Crippen MR) is 97.8 cm³/mol. The second-order valence-corrected chi connectivity index (χ2v) is 7.27. The Hall–Kier alpha value is -2.24. The Morgan fingerprint density at radius 3 is 2.96 bits per heavy atom. The fourth-order valence-electron chi connectivity index (χ4n) is 3.86. The van der Waals surface area contributed by atoms with Gasteiger partial charge in [0.15, 0.2) is 0 Å². The molecule has 3 heterocycles. The van der Waals surface area contributed by atoms with Gasteiger partial charge in [-0.15, -0.1) is 0 Å². The van der Waals surface area contributed by atoms with Gasteiger partial charge < -0.3 is 14.4 Å². The SMILES string of the molecule is Cc1cccc(C(=O)N2CC3(C2)OCC[C@H]3COCc2ccccn2)c1. The van der Waals surface area contributed by atoms with Gasteiger partial charge >= 0.3 is 0 Å². The van der Waals surface area contributed by atoms with Gasteiger partial charge in [-0.05, 0) is 37.6 Å². The lowest BCUT2D eigenvalue weighted by Crippen LogP contribution is -2.66. The molecule has 0 unspecified atom stereocenters. The summed E-state index contributed by atoms with van der Waals surface area (Å²) >= 11 is 0. The average Bonchev–Trinajstić information content (AvgIpc) is 3.05. The van der Waals surface area contributed by atoms with Crippen LogP contribution in [0.15, 0.2) is 48.7 Å². The van der Waals surface area contributed by atoms with Gasteiger partial charge in [0.05, 0.1) is 32.0 Å². The zero-order valence-corrected chi connectivity index (χ0v) is 15.1. The summed E-state index contributed by atoms with van der Waals surface area (Å²) < 4.78 is 11.9. The first kappa shape index (κ1) is 17.2. The van der Waals surface area contributed by atoms with Gasteiger partial charge in [0, 0.05) is 24.3 Å². The van der Waals surface area contributed by atoms with E-state index >= 15 is 0 Å². The predicted octanol–water partition coefficient (Wildman–Crippen LogP) is 2.84. The van der Waals surface area contributed by atoms with Crippen molar-refractivity contribution in [3.8, 4) is 0 Å². The van der Waals surface area contributed by atoms with Crippen molar-refractivity contribution >= 4 is 5.91 Å². The number of aryl methyl sites for hydroxylation is 1. The molecule has 1 spiro atoms. The van der Waals surface area contributed by atoms with Crippen molar-refractivity contribution in [3.05, 3.63) is 65.5 Å². The van der Waals surface area contributed by atoms with Crippen LogP contribution < -0.4 is 0 Å². The van der Waals surface area contributed by atoms with E-state index in [0.29, 0.717) is 32.2 Å². The maximum atomic E-state index is 12.7. The summed E-state index contributed by atoms with van der Waals surface area (Å²) in [5, 5.41) is 0. The van der Waals surface area contributed by atoms with Crippen LogP contribution in [-0.4, -0.2) is 47.7 Å². The highest BCUT2D eigenvalue weighted by Crippen LogP contribution is 2.40. The molecule has 26 heavy (non-hydrogen) atoms. The monoisotopic (exact) mass is 352 g/mol. The molecule has 1 aromatic heterocycles.